The molecule has 0 fully saturated rings. The number of rotatable bonds is 2. The van der Waals surface area contributed by atoms with Gasteiger partial charge in [-0.2, -0.15) is 0 Å². The highest BCUT2D eigenvalue weighted by molar-refractivity contribution is 6.19. The first-order valence-corrected chi connectivity index (χ1v) is 4.77. The molecule has 0 atom stereocenters. The lowest BCUT2D eigenvalue weighted by Crippen LogP contribution is -2.37. The fourth-order valence-electron chi connectivity index (χ4n) is 1.74. The van der Waals surface area contributed by atoms with Crippen molar-refractivity contribution in [2.75, 3.05) is 11.4 Å². The molecule has 0 N–H and O–H groups in total. The van der Waals surface area contributed by atoms with Gasteiger partial charge in [0.25, 0.3) is 0 Å². The highest BCUT2D eigenvalue weighted by Gasteiger charge is 2.28. The van der Waals surface area contributed by atoms with Crippen LogP contribution in [0.1, 0.15) is 16.8 Å². The molecule has 1 aliphatic heterocycles. The zero-order valence-corrected chi connectivity index (χ0v) is 8.27. The van der Waals surface area contributed by atoms with E-state index in [1.54, 1.807) is 29.2 Å². The van der Waals surface area contributed by atoms with Gasteiger partial charge >= 0.3 is 0 Å². The average Bonchev–Trinajstić information content (AvgIpc) is 2.24. The standard InChI is InChI=1S/C12H11NO2/c1-2-7-13-10-6-4-3-5-9(10)11(14)8-12(13)15/h2-6H,1,7-8H2. The van der Waals surface area contributed by atoms with E-state index in [4.69, 9.17) is 0 Å². The van der Waals surface area contributed by atoms with Crippen LogP contribution in [-0.4, -0.2) is 18.2 Å². The minimum atomic E-state index is -0.154. The maximum absolute atomic E-state index is 11.6. The number of anilines is 1. The van der Waals surface area contributed by atoms with E-state index in [1.165, 1.54) is 0 Å². The normalized spacial score (nSPS) is 15.1. The zero-order chi connectivity index (χ0) is 10.8. The number of Topliss-reactive ketones (excluding diaryl/α,β-unsaturated/α-hetero) is 1. The molecule has 1 heterocycles. The molecule has 0 saturated carbocycles. The Morgan fingerprint density at radius 2 is 2.07 bits per heavy atom. The van der Waals surface area contributed by atoms with E-state index < -0.39 is 0 Å². The summed E-state index contributed by atoms with van der Waals surface area (Å²) < 4.78 is 0. The van der Waals surface area contributed by atoms with Crippen LogP contribution < -0.4 is 4.90 Å². The lowest BCUT2D eigenvalue weighted by atomic mass is 10.00. The summed E-state index contributed by atoms with van der Waals surface area (Å²) in [7, 11) is 0. The van der Waals surface area contributed by atoms with Gasteiger partial charge in [0, 0.05) is 12.1 Å². The second-order valence-corrected chi connectivity index (χ2v) is 3.41. The molecule has 1 aromatic rings. The van der Waals surface area contributed by atoms with Gasteiger partial charge in [-0.15, -0.1) is 6.58 Å². The summed E-state index contributed by atoms with van der Waals surface area (Å²) in [5, 5.41) is 0. The van der Waals surface area contributed by atoms with Crippen molar-refractivity contribution >= 4 is 17.4 Å². The predicted octanol–water partition coefficient (Wildman–Crippen LogP) is 1.79. The molecule has 0 unspecified atom stereocenters. The SMILES string of the molecule is C=CCN1C(=O)CC(=O)c2ccccc21. The van der Waals surface area contributed by atoms with Crippen LogP contribution in [0.2, 0.25) is 0 Å². The molecule has 0 aliphatic carbocycles. The second kappa shape index (κ2) is 3.69. The average molecular weight is 201 g/mol. The number of carbonyl (C=O) groups is 2. The first-order valence-electron chi connectivity index (χ1n) is 4.77. The number of ketones is 1. The Morgan fingerprint density at radius 3 is 2.80 bits per heavy atom. The molecule has 0 saturated heterocycles. The molecular formula is C12H11NO2. The van der Waals surface area contributed by atoms with E-state index in [0.29, 0.717) is 17.8 Å². The van der Waals surface area contributed by atoms with Crippen LogP contribution in [0.25, 0.3) is 0 Å². The Labute approximate surface area is 88.0 Å². The quantitative estimate of drug-likeness (QED) is 0.540. The van der Waals surface area contributed by atoms with Crippen LogP contribution in [0.15, 0.2) is 36.9 Å². The van der Waals surface area contributed by atoms with Crippen molar-refractivity contribution in [3.63, 3.8) is 0 Å². The third-order valence-corrected chi connectivity index (χ3v) is 2.42. The molecule has 0 radical (unpaired) electrons. The molecule has 3 nitrogen and oxygen atoms in total. The van der Waals surface area contributed by atoms with E-state index in [2.05, 4.69) is 6.58 Å². The molecular weight excluding hydrogens is 190 g/mol. The molecule has 0 bridgehead atoms. The van der Waals surface area contributed by atoms with Crippen molar-refractivity contribution in [1.29, 1.82) is 0 Å². The smallest absolute Gasteiger partial charge is 0.235 e. The summed E-state index contributed by atoms with van der Waals surface area (Å²) in [5.41, 5.74) is 1.32. The van der Waals surface area contributed by atoms with Gasteiger partial charge in [0.05, 0.1) is 12.1 Å². The molecule has 1 aliphatic rings. The molecule has 1 aromatic carbocycles. The maximum atomic E-state index is 11.6. The Hall–Kier alpha value is -1.90. The van der Waals surface area contributed by atoms with E-state index in [9.17, 15) is 9.59 Å². The van der Waals surface area contributed by atoms with Crippen LogP contribution in [-0.2, 0) is 4.79 Å². The minimum Gasteiger partial charge on any atom is -0.307 e. The van der Waals surface area contributed by atoms with Crippen molar-refractivity contribution < 1.29 is 9.59 Å². The summed E-state index contributed by atoms with van der Waals surface area (Å²) in [4.78, 5) is 24.8. The van der Waals surface area contributed by atoms with Gasteiger partial charge in [-0.25, -0.2) is 0 Å². The maximum Gasteiger partial charge on any atom is 0.235 e. The number of carbonyl (C=O) groups excluding carboxylic acids is 2. The number of benzene rings is 1. The topological polar surface area (TPSA) is 37.4 Å². The van der Waals surface area contributed by atoms with Crippen LogP contribution >= 0.6 is 0 Å². The molecule has 0 aromatic heterocycles. The molecule has 1 amide bonds. The largest absolute Gasteiger partial charge is 0.307 e. The summed E-state index contributed by atoms with van der Waals surface area (Å²) in [6.07, 6.45) is 1.62. The van der Waals surface area contributed by atoms with Crippen LogP contribution in [0.4, 0.5) is 5.69 Å². The van der Waals surface area contributed by atoms with E-state index in [1.807, 2.05) is 6.07 Å². The highest BCUT2D eigenvalue weighted by atomic mass is 16.2. The second-order valence-electron chi connectivity index (χ2n) is 3.41. The third kappa shape index (κ3) is 1.56. The zero-order valence-electron chi connectivity index (χ0n) is 8.27. The van der Waals surface area contributed by atoms with Crippen LogP contribution in [0.3, 0.4) is 0 Å². The van der Waals surface area contributed by atoms with E-state index in [-0.39, 0.29) is 18.1 Å². The van der Waals surface area contributed by atoms with Crippen molar-refractivity contribution in [1.82, 2.24) is 0 Å². The molecule has 3 heteroatoms. The first-order chi connectivity index (χ1) is 7.24. The molecule has 0 spiro atoms. The van der Waals surface area contributed by atoms with Gasteiger partial charge in [0.2, 0.25) is 5.91 Å². The fraction of sp³-hybridized carbons (Fsp3) is 0.167. The fourth-order valence-corrected chi connectivity index (χ4v) is 1.74. The summed E-state index contributed by atoms with van der Waals surface area (Å²) in [6.45, 7) is 4.05. The Bertz CT molecular complexity index is 437. The monoisotopic (exact) mass is 201 g/mol. The number of nitrogens with zero attached hydrogens (tertiary/aromatic N) is 1. The van der Waals surface area contributed by atoms with Gasteiger partial charge in [-0.1, -0.05) is 18.2 Å². The number of hydrogen-bond donors (Lipinski definition) is 0. The van der Waals surface area contributed by atoms with Crippen molar-refractivity contribution in [3.05, 3.63) is 42.5 Å². The minimum absolute atomic E-state index is 0.0369. The van der Waals surface area contributed by atoms with E-state index in [0.717, 1.165) is 0 Å². The first kappa shape index (κ1) is 9.65. The van der Waals surface area contributed by atoms with Crippen molar-refractivity contribution in [3.8, 4) is 0 Å². The Kier molecular flexibility index (Phi) is 2.37. The third-order valence-electron chi connectivity index (χ3n) is 2.42. The summed E-state index contributed by atoms with van der Waals surface area (Å²) in [5.74, 6) is -0.255. The summed E-state index contributed by atoms with van der Waals surface area (Å²) in [6, 6.07) is 7.16. The Balaban J connectivity index is 2.51. The lowest BCUT2D eigenvalue weighted by Gasteiger charge is -2.27. The van der Waals surface area contributed by atoms with Gasteiger partial charge in [-0.05, 0) is 12.1 Å². The molecule has 2 rings (SSSR count). The highest BCUT2D eigenvalue weighted by Crippen LogP contribution is 2.27. The summed E-state index contributed by atoms with van der Waals surface area (Å²) >= 11 is 0. The number of amides is 1. The van der Waals surface area contributed by atoms with Crippen LogP contribution in [0.5, 0.6) is 0 Å². The molecule has 76 valence electrons. The number of para-hydroxylation sites is 1. The lowest BCUT2D eigenvalue weighted by molar-refractivity contribution is -0.117. The van der Waals surface area contributed by atoms with Gasteiger partial charge < -0.3 is 4.90 Å². The van der Waals surface area contributed by atoms with Gasteiger partial charge in [0.15, 0.2) is 5.78 Å². The van der Waals surface area contributed by atoms with Crippen molar-refractivity contribution in [2.45, 2.75) is 6.42 Å². The Morgan fingerprint density at radius 1 is 1.33 bits per heavy atom. The van der Waals surface area contributed by atoms with E-state index >= 15 is 0 Å². The van der Waals surface area contributed by atoms with Gasteiger partial charge in [0.1, 0.15) is 0 Å². The number of fused-ring (bicyclic) bond motifs is 1. The van der Waals surface area contributed by atoms with Crippen molar-refractivity contribution in [2.24, 2.45) is 0 Å². The molecule has 15 heavy (non-hydrogen) atoms. The van der Waals surface area contributed by atoms with Crippen LogP contribution in [0, 0.1) is 0 Å². The predicted molar refractivity (Wildman–Crippen MR) is 57.9 cm³/mol. The number of hydrogen-bond acceptors (Lipinski definition) is 2. The van der Waals surface area contributed by atoms with Gasteiger partial charge in [-0.3, -0.25) is 9.59 Å².